The van der Waals surface area contributed by atoms with Gasteiger partial charge in [-0.25, -0.2) is 14.2 Å². The summed E-state index contributed by atoms with van der Waals surface area (Å²) in [5, 5.41) is 8.06. The topological polar surface area (TPSA) is 151 Å². The zero-order valence-electron chi connectivity index (χ0n) is 18.4. The van der Waals surface area contributed by atoms with Crippen molar-refractivity contribution in [3.8, 4) is 0 Å². The quantitative estimate of drug-likeness (QED) is 0.498. The number of primary amides is 1. The first kappa shape index (κ1) is 23.2. The maximum atomic E-state index is 13.0. The minimum Gasteiger partial charge on any atom is -0.364 e. The maximum Gasteiger partial charge on any atom is 0.319 e. The third-order valence-corrected chi connectivity index (χ3v) is 6.05. The molecule has 180 valence electrons. The highest BCUT2D eigenvalue weighted by Gasteiger charge is 2.33. The molecule has 2 unspecified atom stereocenters. The molecule has 4 rings (SSSR count). The van der Waals surface area contributed by atoms with Gasteiger partial charge in [0.25, 0.3) is 5.91 Å². The first-order chi connectivity index (χ1) is 16.3. The lowest BCUT2D eigenvalue weighted by atomic mass is 9.96. The molecule has 2 aliphatic rings. The fraction of sp³-hybridized carbons (Fsp3) is 0.409. The molecule has 11 nitrogen and oxygen atoms in total. The molecule has 0 radical (unpaired) electrons. The number of likely N-dealkylation sites (tertiary alicyclic amines) is 1. The van der Waals surface area contributed by atoms with Crippen LogP contribution in [0, 0.1) is 17.7 Å². The van der Waals surface area contributed by atoms with Crippen LogP contribution in [0.15, 0.2) is 30.6 Å². The van der Waals surface area contributed by atoms with Gasteiger partial charge in [-0.1, -0.05) is 0 Å². The average Bonchev–Trinajstić information content (AvgIpc) is 3.22. The van der Waals surface area contributed by atoms with Gasteiger partial charge in [-0.2, -0.15) is 0 Å². The highest BCUT2D eigenvalue weighted by Crippen LogP contribution is 2.25. The number of hydrogen-bond donors (Lipinski definition) is 4. The van der Waals surface area contributed by atoms with Crippen molar-refractivity contribution < 1.29 is 23.6 Å². The summed E-state index contributed by atoms with van der Waals surface area (Å²) in [7, 11) is 0. The van der Waals surface area contributed by atoms with Crippen molar-refractivity contribution >= 4 is 35.3 Å². The molecule has 0 spiro atoms. The SMILES string of the molecule is NC(=O)c1ncn2c1NC(=O)C(CC(=O)N1CCCC(CNC(=O)Nc3ccc(F)cc3)C1)C2. The molecular weight excluding hydrogens is 445 g/mol. The predicted molar refractivity (Wildman–Crippen MR) is 120 cm³/mol. The number of imidazole rings is 1. The lowest BCUT2D eigenvalue weighted by molar-refractivity contribution is -0.137. The fourth-order valence-electron chi connectivity index (χ4n) is 4.27. The van der Waals surface area contributed by atoms with Crippen molar-refractivity contribution in [3.63, 3.8) is 0 Å². The van der Waals surface area contributed by atoms with Crippen molar-refractivity contribution in [2.24, 2.45) is 17.6 Å². The summed E-state index contributed by atoms with van der Waals surface area (Å²) in [6.45, 7) is 1.68. The Morgan fingerprint density at radius 2 is 1.97 bits per heavy atom. The number of carbonyl (C=O) groups excluding carboxylic acids is 4. The number of anilines is 2. The molecule has 3 heterocycles. The van der Waals surface area contributed by atoms with E-state index in [0.29, 0.717) is 25.3 Å². The number of hydrogen-bond acceptors (Lipinski definition) is 5. The zero-order chi connectivity index (χ0) is 24.2. The van der Waals surface area contributed by atoms with E-state index in [1.54, 1.807) is 9.47 Å². The van der Waals surface area contributed by atoms with E-state index in [4.69, 9.17) is 5.73 Å². The van der Waals surface area contributed by atoms with Gasteiger partial charge < -0.3 is 31.2 Å². The number of nitrogens with zero attached hydrogens (tertiary/aromatic N) is 3. The van der Waals surface area contributed by atoms with Gasteiger partial charge >= 0.3 is 6.03 Å². The van der Waals surface area contributed by atoms with E-state index in [9.17, 15) is 23.6 Å². The summed E-state index contributed by atoms with van der Waals surface area (Å²) in [5.41, 5.74) is 5.74. The molecule has 0 aliphatic carbocycles. The molecule has 1 fully saturated rings. The Bertz CT molecular complexity index is 1100. The summed E-state index contributed by atoms with van der Waals surface area (Å²) in [4.78, 5) is 54.6. The number of nitrogens with one attached hydrogen (secondary N) is 3. The van der Waals surface area contributed by atoms with Crippen LogP contribution in [0.2, 0.25) is 0 Å². The summed E-state index contributed by atoms with van der Waals surface area (Å²) in [6.07, 6.45) is 3.10. The summed E-state index contributed by atoms with van der Waals surface area (Å²) >= 11 is 0. The number of rotatable bonds is 6. The van der Waals surface area contributed by atoms with Crippen LogP contribution in [0.25, 0.3) is 0 Å². The van der Waals surface area contributed by atoms with Crippen LogP contribution in [-0.2, 0) is 16.1 Å². The smallest absolute Gasteiger partial charge is 0.319 e. The van der Waals surface area contributed by atoms with E-state index in [1.165, 1.54) is 30.6 Å². The van der Waals surface area contributed by atoms with Crippen LogP contribution < -0.4 is 21.7 Å². The molecule has 5 N–H and O–H groups in total. The number of amides is 5. The molecule has 0 saturated carbocycles. The molecule has 12 heteroatoms. The lowest BCUT2D eigenvalue weighted by Gasteiger charge is -2.34. The predicted octanol–water partition coefficient (Wildman–Crippen LogP) is 1.14. The molecule has 1 aromatic heterocycles. The number of benzene rings is 1. The number of piperidine rings is 1. The van der Waals surface area contributed by atoms with Crippen LogP contribution in [0.3, 0.4) is 0 Å². The zero-order valence-corrected chi connectivity index (χ0v) is 18.4. The Morgan fingerprint density at radius 3 is 2.71 bits per heavy atom. The average molecular weight is 471 g/mol. The standard InChI is InChI=1S/C22H26FN7O4/c23-15-3-5-16(6-4-15)27-22(34)25-9-13-2-1-7-29(10-13)17(31)8-14-11-30-12-26-18(19(24)32)20(30)28-21(14)33/h3-6,12-14H,1-2,7-11H2,(H2,24,32)(H,28,33)(H2,25,27,34). The number of fused-ring (bicyclic) bond motifs is 1. The number of nitrogens with two attached hydrogens (primary N) is 1. The van der Waals surface area contributed by atoms with Gasteiger partial charge in [-0.3, -0.25) is 14.4 Å². The Balaban J connectivity index is 1.27. The van der Waals surface area contributed by atoms with Crippen molar-refractivity contribution in [2.75, 3.05) is 30.3 Å². The molecule has 1 saturated heterocycles. The van der Waals surface area contributed by atoms with E-state index in [0.717, 1.165) is 12.8 Å². The highest BCUT2D eigenvalue weighted by molar-refractivity contribution is 6.03. The number of aromatic nitrogens is 2. The molecule has 1 aromatic carbocycles. The van der Waals surface area contributed by atoms with Gasteiger partial charge in [0.1, 0.15) is 11.6 Å². The van der Waals surface area contributed by atoms with Crippen molar-refractivity contribution in [1.29, 1.82) is 0 Å². The van der Waals surface area contributed by atoms with Gasteiger partial charge in [-0.15, -0.1) is 0 Å². The van der Waals surface area contributed by atoms with Crippen LogP contribution in [0.1, 0.15) is 29.8 Å². The minimum atomic E-state index is -0.733. The highest BCUT2D eigenvalue weighted by atomic mass is 19.1. The van der Waals surface area contributed by atoms with Gasteiger partial charge in [-0.05, 0) is 43.0 Å². The first-order valence-electron chi connectivity index (χ1n) is 11.0. The van der Waals surface area contributed by atoms with Gasteiger partial charge in [0.05, 0.1) is 12.2 Å². The Kier molecular flexibility index (Phi) is 6.75. The van der Waals surface area contributed by atoms with Gasteiger partial charge in [0.2, 0.25) is 11.8 Å². The van der Waals surface area contributed by atoms with Crippen molar-refractivity contribution in [1.82, 2.24) is 19.8 Å². The number of carbonyl (C=O) groups is 4. The van der Waals surface area contributed by atoms with Crippen LogP contribution in [-0.4, -0.2) is 57.8 Å². The molecule has 34 heavy (non-hydrogen) atoms. The number of urea groups is 1. The second-order valence-electron chi connectivity index (χ2n) is 8.54. The molecule has 2 aromatic rings. The third kappa shape index (κ3) is 5.33. The second-order valence-corrected chi connectivity index (χ2v) is 8.54. The van der Waals surface area contributed by atoms with E-state index in [2.05, 4.69) is 20.9 Å². The van der Waals surface area contributed by atoms with Crippen molar-refractivity contribution in [2.45, 2.75) is 25.8 Å². The van der Waals surface area contributed by atoms with Crippen LogP contribution in [0.5, 0.6) is 0 Å². The maximum absolute atomic E-state index is 13.0. The van der Waals surface area contributed by atoms with E-state index in [1.807, 2.05) is 0 Å². The Hall–Kier alpha value is -3.96. The van der Waals surface area contributed by atoms with Crippen molar-refractivity contribution in [3.05, 3.63) is 42.1 Å². The van der Waals surface area contributed by atoms with Gasteiger partial charge in [0, 0.05) is 38.3 Å². The molecule has 0 bridgehead atoms. The molecule has 5 amide bonds. The molecular formula is C22H26FN7O4. The second kappa shape index (κ2) is 9.89. The lowest BCUT2D eigenvalue weighted by Crippen LogP contribution is -2.46. The summed E-state index contributed by atoms with van der Waals surface area (Å²) in [6, 6.07) is 5.06. The first-order valence-corrected chi connectivity index (χ1v) is 11.0. The number of halogens is 1. The van der Waals surface area contributed by atoms with E-state index in [-0.39, 0.29) is 48.0 Å². The Morgan fingerprint density at radius 1 is 1.21 bits per heavy atom. The normalized spacial score (nSPS) is 19.7. The summed E-state index contributed by atoms with van der Waals surface area (Å²) in [5.74, 6) is -1.86. The molecule has 2 aliphatic heterocycles. The summed E-state index contributed by atoms with van der Waals surface area (Å²) < 4.78 is 14.6. The Labute approximate surface area is 194 Å². The fourth-order valence-corrected chi connectivity index (χ4v) is 4.27. The van der Waals surface area contributed by atoms with Crippen LogP contribution in [0.4, 0.5) is 20.7 Å². The van der Waals surface area contributed by atoms with Crippen LogP contribution >= 0.6 is 0 Å². The monoisotopic (exact) mass is 471 g/mol. The van der Waals surface area contributed by atoms with E-state index >= 15 is 0 Å². The minimum absolute atomic E-state index is 0.00651. The third-order valence-electron chi connectivity index (χ3n) is 6.05. The largest absolute Gasteiger partial charge is 0.364 e. The van der Waals surface area contributed by atoms with E-state index < -0.39 is 17.9 Å². The molecule has 2 atom stereocenters. The van der Waals surface area contributed by atoms with Gasteiger partial charge in [0.15, 0.2) is 5.69 Å².